The zero-order chi connectivity index (χ0) is 14.8. The van der Waals surface area contributed by atoms with Crippen molar-refractivity contribution in [1.82, 2.24) is 19.7 Å². The standard InChI is InChI=1S/C15H22N4O/c1-15(2,20)11-18(3)10-13-16-17-14(19(13)4)12-8-6-5-7-9-12/h5-9,20H,10-11H2,1-4H3. The highest BCUT2D eigenvalue weighted by molar-refractivity contribution is 5.54. The third-order valence-electron chi connectivity index (χ3n) is 3.07. The fraction of sp³-hybridized carbons (Fsp3) is 0.467. The Morgan fingerprint density at radius 1 is 1.20 bits per heavy atom. The monoisotopic (exact) mass is 274 g/mol. The summed E-state index contributed by atoms with van der Waals surface area (Å²) in [5, 5.41) is 18.3. The highest BCUT2D eigenvalue weighted by atomic mass is 16.3. The Morgan fingerprint density at radius 2 is 1.85 bits per heavy atom. The summed E-state index contributed by atoms with van der Waals surface area (Å²) in [6, 6.07) is 10.0. The number of hydrogen-bond donors (Lipinski definition) is 1. The predicted octanol–water partition coefficient (Wildman–Crippen LogP) is 1.68. The maximum Gasteiger partial charge on any atom is 0.163 e. The van der Waals surface area contributed by atoms with Crippen LogP contribution in [-0.4, -0.2) is 44.0 Å². The number of rotatable bonds is 5. The number of likely N-dealkylation sites (N-methyl/N-ethyl adjacent to an activating group) is 1. The van der Waals surface area contributed by atoms with E-state index in [0.717, 1.165) is 17.2 Å². The van der Waals surface area contributed by atoms with Gasteiger partial charge in [0.15, 0.2) is 5.82 Å². The summed E-state index contributed by atoms with van der Waals surface area (Å²) in [6.07, 6.45) is 0. The summed E-state index contributed by atoms with van der Waals surface area (Å²) in [4.78, 5) is 2.04. The number of hydrogen-bond acceptors (Lipinski definition) is 4. The minimum Gasteiger partial charge on any atom is -0.389 e. The van der Waals surface area contributed by atoms with Crippen LogP contribution in [0.5, 0.6) is 0 Å². The summed E-state index contributed by atoms with van der Waals surface area (Å²) in [5.74, 6) is 1.74. The van der Waals surface area contributed by atoms with Crippen molar-refractivity contribution in [3.05, 3.63) is 36.2 Å². The van der Waals surface area contributed by atoms with E-state index in [1.807, 2.05) is 53.9 Å². The van der Waals surface area contributed by atoms with E-state index in [9.17, 15) is 5.11 Å². The van der Waals surface area contributed by atoms with Gasteiger partial charge < -0.3 is 9.67 Å². The molecule has 0 saturated carbocycles. The van der Waals surface area contributed by atoms with Gasteiger partial charge in [0, 0.05) is 19.2 Å². The Bertz CT molecular complexity index is 557. The highest BCUT2D eigenvalue weighted by Crippen LogP contribution is 2.17. The van der Waals surface area contributed by atoms with E-state index in [4.69, 9.17) is 0 Å². The summed E-state index contributed by atoms with van der Waals surface area (Å²) in [5.41, 5.74) is 0.342. The maximum atomic E-state index is 9.83. The molecule has 2 rings (SSSR count). The van der Waals surface area contributed by atoms with Gasteiger partial charge in [0.25, 0.3) is 0 Å². The zero-order valence-electron chi connectivity index (χ0n) is 12.5. The molecule has 20 heavy (non-hydrogen) atoms. The molecule has 0 amide bonds. The summed E-state index contributed by atoms with van der Waals surface area (Å²) < 4.78 is 2.00. The van der Waals surface area contributed by atoms with Crippen LogP contribution in [0.25, 0.3) is 11.4 Å². The summed E-state index contributed by atoms with van der Waals surface area (Å²) in [7, 11) is 3.93. The molecular formula is C15H22N4O. The third kappa shape index (κ3) is 3.65. The Hall–Kier alpha value is -1.72. The van der Waals surface area contributed by atoms with Gasteiger partial charge in [-0.2, -0.15) is 0 Å². The Kier molecular flexibility index (Phi) is 4.20. The van der Waals surface area contributed by atoms with Crippen LogP contribution in [0.15, 0.2) is 30.3 Å². The molecule has 0 fully saturated rings. The molecule has 0 aliphatic heterocycles. The quantitative estimate of drug-likeness (QED) is 0.901. The number of benzene rings is 1. The highest BCUT2D eigenvalue weighted by Gasteiger charge is 2.18. The van der Waals surface area contributed by atoms with Crippen LogP contribution >= 0.6 is 0 Å². The fourth-order valence-electron chi connectivity index (χ4n) is 2.30. The van der Waals surface area contributed by atoms with Crippen molar-refractivity contribution in [1.29, 1.82) is 0 Å². The van der Waals surface area contributed by atoms with Crippen LogP contribution in [0.3, 0.4) is 0 Å². The largest absolute Gasteiger partial charge is 0.389 e. The van der Waals surface area contributed by atoms with Gasteiger partial charge in [-0.25, -0.2) is 0 Å². The van der Waals surface area contributed by atoms with Crippen LogP contribution in [0.2, 0.25) is 0 Å². The molecule has 0 bridgehead atoms. The van der Waals surface area contributed by atoms with E-state index in [2.05, 4.69) is 10.2 Å². The van der Waals surface area contributed by atoms with Crippen molar-refractivity contribution in [3.63, 3.8) is 0 Å². The van der Waals surface area contributed by atoms with Crippen molar-refractivity contribution in [3.8, 4) is 11.4 Å². The molecule has 5 heteroatoms. The van der Waals surface area contributed by atoms with Gasteiger partial charge in [-0.3, -0.25) is 4.90 Å². The second-order valence-corrected chi connectivity index (χ2v) is 5.85. The van der Waals surface area contributed by atoms with E-state index in [0.29, 0.717) is 13.1 Å². The molecule has 5 nitrogen and oxygen atoms in total. The van der Waals surface area contributed by atoms with Gasteiger partial charge in [0.1, 0.15) is 5.82 Å². The summed E-state index contributed by atoms with van der Waals surface area (Å²) >= 11 is 0. The Labute approximate surface area is 119 Å². The van der Waals surface area contributed by atoms with E-state index in [-0.39, 0.29) is 0 Å². The van der Waals surface area contributed by atoms with Gasteiger partial charge in [0.05, 0.1) is 12.1 Å². The number of aliphatic hydroxyl groups is 1. The van der Waals surface area contributed by atoms with Crippen LogP contribution in [-0.2, 0) is 13.6 Å². The summed E-state index contributed by atoms with van der Waals surface area (Å²) in [6.45, 7) is 4.84. The molecule has 0 radical (unpaired) electrons. The zero-order valence-corrected chi connectivity index (χ0v) is 12.5. The average Bonchev–Trinajstić information content (AvgIpc) is 2.70. The van der Waals surface area contributed by atoms with Crippen LogP contribution in [0, 0.1) is 0 Å². The minimum atomic E-state index is -0.713. The lowest BCUT2D eigenvalue weighted by atomic mass is 10.1. The lowest BCUT2D eigenvalue weighted by Gasteiger charge is -2.24. The van der Waals surface area contributed by atoms with Crippen LogP contribution in [0.1, 0.15) is 19.7 Å². The van der Waals surface area contributed by atoms with Crippen molar-refractivity contribution in [2.75, 3.05) is 13.6 Å². The third-order valence-corrected chi connectivity index (χ3v) is 3.07. The van der Waals surface area contributed by atoms with Crippen molar-refractivity contribution in [2.24, 2.45) is 7.05 Å². The molecule has 0 aliphatic rings. The Morgan fingerprint density at radius 3 is 2.45 bits per heavy atom. The fourth-order valence-corrected chi connectivity index (χ4v) is 2.30. The van der Waals surface area contributed by atoms with E-state index >= 15 is 0 Å². The van der Waals surface area contributed by atoms with Gasteiger partial charge in [-0.15, -0.1) is 10.2 Å². The van der Waals surface area contributed by atoms with Crippen molar-refractivity contribution >= 4 is 0 Å². The molecule has 0 aliphatic carbocycles. The normalized spacial score (nSPS) is 12.1. The van der Waals surface area contributed by atoms with Crippen molar-refractivity contribution in [2.45, 2.75) is 26.0 Å². The first-order valence-corrected chi connectivity index (χ1v) is 6.71. The molecule has 108 valence electrons. The lowest BCUT2D eigenvalue weighted by molar-refractivity contribution is 0.0415. The predicted molar refractivity (Wildman–Crippen MR) is 79.1 cm³/mol. The second-order valence-electron chi connectivity index (χ2n) is 5.85. The van der Waals surface area contributed by atoms with Crippen molar-refractivity contribution < 1.29 is 5.11 Å². The molecule has 2 aromatic rings. The molecule has 0 spiro atoms. The number of aromatic nitrogens is 3. The van der Waals surface area contributed by atoms with Gasteiger partial charge in [0.2, 0.25) is 0 Å². The molecule has 0 saturated heterocycles. The molecule has 1 aromatic heterocycles. The lowest BCUT2D eigenvalue weighted by Crippen LogP contribution is -2.36. The topological polar surface area (TPSA) is 54.2 Å². The van der Waals surface area contributed by atoms with Crippen LogP contribution in [0.4, 0.5) is 0 Å². The first kappa shape index (κ1) is 14.7. The molecular weight excluding hydrogens is 252 g/mol. The van der Waals surface area contributed by atoms with Crippen LogP contribution < -0.4 is 0 Å². The van der Waals surface area contributed by atoms with Gasteiger partial charge in [-0.05, 0) is 20.9 Å². The maximum absolute atomic E-state index is 9.83. The van der Waals surface area contributed by atoms with Gasteiger partial charge >= 0.3 is 0 Å². The molecule has 0 unspecified atom stereocenters. The van der Waals surface area contributed by atoms with E-state index in [1.165, 1.54) is 0 Å². The van der Waals surface area contributed by atoms with E-state index < -0.39 is 5.60 Å². The van der Waals surface area contributed by atoms with Gasteiger partial charge in [-0.1, -0.05) is 30.3 Å². The Balaban J connectivity index is 2.14. The first-order chi connectivity index (χ1) is 9.37. The molecule has 1 heterocycles. The SMILES string of the molecule is CN(Cc1nnc(-c2ccccc2)n1C)CC(C)(C)O. The minimum absolute atomic E-state index is 0.584. The average molecular weight is 274 g/mol. The molecule has 1 aromatic carbocycles. The molecule has 1 N–H and O–H groups in total. The second kappa shape index (κ2) is 5.73. The smallest absolute Gasteiger partial charge is 0.163 e. The first-order valence-electron chi connectivity index (χ1n) is 6.71. The molecule has 0 atom stereocenters. The number of nitrogens with zero attached hydrogens (tertiary/aromatic N) is 4. The van der Waals surface area contributed by atoms with E-state index in [1.54, 1.807) is 13.8 Å².